The van der Waals surface area contributed by atoms with Crippen molar-refractivity contribution in [2.24, 2.45) is 0 Å². The molecule has 1 atom stereocenters. The third-order valence-corrected chi connectivity index (χ3v) is 3.35. The van der Waals surface area contributed by atoms with Crippen LogP contribution in [0.3, 0.4) is 0 Å². The lowest BCUT2D eigenvalue weighted by Crippen LogP contribution is -2.07. The van der Waals surface area contributed by atoms with Crippen LogP contribution in [0.1, 0.15) is 31.4 Å². The average Bonchev–Trinajstić information content (AvgIpc) is 3.02. The van der Waals surface area contributed by atoms with E-state index in [0.717, 1.165) is 30.1 Å². The van der Waals surface area contributed by atoms with Crippen LogP contribution in [0.4, 0.5) is 0 Å². The number of H-pyrrole nitrogens is 1. The molecule has 0 fully saturated rings. The maximum atomic E-state index is 5.69. The Kier molecular flexibility index (Phi) is 3.23. The van der Waals surface area contributed by atoms with E-state index in [2.05, 4.69) is 28.2 Å². The van der Waals surface area contributed by atoms with Crippen LogP contribution in [0, 0.1) is 0 Å². The third kappa shape index (κ3) is 2.47. The van der Waals surface area contributed by atoms with Gasteiger partial charge in [0.15, 0.2) is 5.76 Å². The molecule has 0 saturated heterocycles. The Morgan fingerprint density at radius 1 is 1.32 bits per heavy atom. The smallest absolute Gasteiger partial charge is 0.164 e. The van der Waals surface area contributed by atoms with E-state index in [1.807, 2.05) is 6.92 Å². The SMILES string of the molecule is CC(C1=COC(C2=CC=CCC2)=CO1)c1cnc[nH]1. The Bertz CT molecular complexity index is 565. The Morgan fingerprint density at radius 2 is 2.26 bits per heavy atom. The van der Waals surface area contributed by atoms with E-state index in [0.29, 0.717) is 0 Å². The van der Waals surface area contributed by atoms with Crippen molar-refractivity contribution in [3.63, 3.8) is 0 Å². The molecule has 1 unspecified atom stereocenters. The molecule has 0 spiro atoms. The number of aromatic nitrogens is 2. The minimum absolute atomic E-state index is 0.0977. The molecule has 98 valence electrons. The molecule has 0 bridgehead atoms. The fourth-order valence-electron chi connectivity index (χ4n) is 2.12. The summed E-state index contributed by atoms with van der Waals surface area (Å²) in [4.78, 5) is 7.10. The zero-order valence-corrected chi connectivity index (χ0v) is 10.8. The third-order valence-electron chi connectivity index (χ3n) is 3.35. The van der Waals surface area contributed by atoms with E-state index < -0.39 is 0 Å². The van der Waals surface area contributed by atoms with Crippen LogP contribution >= 0.6 is 0 Å². The second kappa shape index (κ2) is 5.18. The predicted molar refractivity (Wildman–Crippen MR) is 71.8 cm³/mol. The van der Waals surface area contributed by atoms with Crippen molar-refractivity contribution in [3.05, 3.63) is 66.1 Å². The van der Waals surface area contributed by atoms with Gasteiger partial charge in [0, 0.05) is 11.9 Å². The summed E-state index contributed by atoms with van der Waals surface area (Å²) in [6.07, 6.45) is 15.1. The van der Waals surface area contributed by atoms with Crippen molar-refractivity contribution >= 4 is 0 Å². The average molecular weight is 256 g/mol. The maximum absolute atomic E-state index is 5.69. The van der Waals surface area contributed by atoms with Crippen LogP contribution in [-0.2, 0) is 9.47 Å². The van der Waals surface area contributed by atoms with E-state index in [4.69, 9.17) is 9.47 Å². The molecule has 1 aliphatic heterocycles. The summed E-state index contributed by atoms with van der Waals surface area (Å²) < 4.78 is 11.4. The fraction of sp³-hybridized carbons (Fsp3) is 0.267. The van der Waals surface area contributed by atoms with Gasteiger partial charge in [0.2, 0.25) is 0 Å². The van der Waals surface area contributed by atoms with Gasteiger partial charge >= 0.3 is 0 Å². The van der Waals surface area contributed by atoms with Crippen molar-refractivity contribution in [1.82, 2.24) is 9.97 Å². The molecular weight excluding hydrogens is 240 g/mol. The van der Waals surface area contributed by atoms with Crippen LogP contribution in [0.15, 0.2) is 60.4 Å². The zero-order chi connectivity index (χ0) is 13.1. The Labute approximate surface area is 112 Å². The normalized spacial score (nSPS) is 19.7. The van der Waals surface area contributed by atoms with E-state index >= 15 is 0 Å². The Balaban J connectivity index is 1.69. The molecule has 3 rings (SSSR count). The van der Waals surface area contributed by atoms with E-state index in [1.54, 1.807) is 25.0 Å². The van der Waals surface area contributed by atoms with Gasteiger partial charge in [0.25, 0.3) is 0 Å². The van der Waals surface area contributed by atoms with Gasteiger partial charge in [0.05, 0.1) is 12.2 Å². The first kappa shape index (κ1) is 11.8. The summed E-state index contributed by atoms with van der Waals surface area (Å²) in [7, 11) is 0. The fourth-order valence-corrected chi connectivity index (χ4v) is 2.12. The summed E-state index contributed by atoms with van der Waals surface area (Å²) in [5, 5.41) is 0. The van der Waals surface area contributed by atoms with E-state index in [-0.39, 0.29) is 5.92 Å². The molecule has 1 aliphatic carbocycles. The first-order valence-corrected chi connectivity index (χ1v) is 6.42. The van der Waals surface area contributed by atoms with Crippen LogP contribution in [0.5, 0.6) is 0 Å². The number of imidazole rings is 1. The molecule has 4 heteroatoms. The molecule has 0 saturated carbocycles. The monoisotopic (exact) mass is 256 g/mol. The number of ether oxygens (including phenoxy) is 2. The predicted octanol–water partition coefficient (Wildman–Crippen LogP) is 3.52. The first-order chi connectivity index (χ1) is 9.34. The molecule has 1 N–H and O–H groups in total. The highest BCUT2D eigenvalue weighted by atomic mass is 16.5. The largest absolute Gasteiger partial charge is 0.462 e. The number of hydrogen-bond donors (Lipinski definition) is 1. The lowest BCUT2D eigenvalue weighted by Gasteiger charge is -2.20. The van der Waals surface area contributed by atoms with Gasteiger partial charge in [-0.2, -0.15) is 0 Å². The van der Waals surface area contributed by atoms with Gasteiger partial charge in [-0.25, -0.2) is 4.98 Å². The van der Waals surface area contributed by atoms with E-state index in [1.165, 1.54) is 5.57 Å². The van der Waals surface area contributed by atoms with E-state index in [9.17, 15) is 0 Å². The summed E-state index contributed by atoms with van der Waals surface area (Å²) in [6, 6.07) is 0. The molecule has 0 radical (unpaired) electrons. The minimum atomic E-state index is 0.0977. The number of allylic oxidation sites excluding steroid dienone is 5. The standard InChI is InChI=1S/C15H16N2O2/c1-11(13-7-16-10-17-13)14-8-19-15(9-18-14)12-5-3-2-4-6-12/h2-3,5,7-11H,4,6H2,1H3,(H,16,17). The molecule has 1 aromatic rings. The zero-order valence-electron chi connectivity index (χ0n) is 10.8. The molecule has 19 heavy (non-hydrogen) atoms. The summed E-state index contributed by atoms with van der Waals surface area (Å²) in [6.45, 7) is 2.05. The number of rotatable bonds is 3. The highest BCUT2D eigenvalue weighted by Gasteiger charge is 2.19. The van der Waals surface area contributed by atoms with Crippen molar-refractivity contribution < 1.29 is 9.47 Å². The van der Waals surface area contributed by atoms with Crippen molar-refractivity contribution in [3.8, 4) is 0 Å². The van der Waals surface area contributed by atoms with Crippen LogP contribution in [0.25, 0.3) is 0 Å². The van der Waals surface area contributed by atoms with Gasteiger partial charge in [-0.3, -0.25) is 0 Å². The number of hydrogen-bond acceptors (Lipinski definition) is 3. The Morgan fingerprint density at radius 3 is 2.89 bits per heavy atom. The van der Waals surface area contributed by atoms with Crippen LogP contribution in [-0.4, -0.2) is 9.97 Å². The highest BCUT2D eigenvalue weighted by Crippen LogP contribution is 2.30. The lowest BCUT2D eigenvalue weighted by molar-refractivity contribution is 0.218. The van der Waals surface area contributed by atoms with Crippen molar-refractivity contribution in [2.45, 2.75) is 25.7 Å². The van der Waals surface area contributed by atoms with Crippen molar-refractivity contribution in [1.29, 1.82) is 0 Å². The summed E-state index contributed by atoms with van der Waals surface area (Å²) in [5.41, 5.74) is 2.18. The molecule has 0 aromatic carbocycles. The van der Waals surface area contributed by atoms with Gasteiger partial charge in [-0.05, 0) is 25.3 Å². The van der Waals surface area contributed by atoms with Crippen LogP contribution < -0.4 is 0 Å². The maximum Gasteiger partial charge on any atom is 0.164 e. The second-order valence-corrected chi connectivity index (χ2v) is 4.63. The van der Waals surface area contributed by atoms with Gasteiger partial charge < -0.3 is 14.5 Å². The molecule has 4 nitrogen and oxygen atoms in total. The molecule has 0 amide bonds. The first-order valence-electron chi connectivity index (χ1n) is 6.42. The molecule has 1 aromatic heterocycles. The van der Waals surface area contributed by atoms with Gasteiger partial charge in [0.1, 0.15) is 18.3 Å². The number of nitrogens with zero attached hydrogens (tertiary/aromatic N) is 1. The van der Waals surface area contributed by atoms with Crippen LogP contribution in [0.2, 0.25) is 0 Å². The quantitative estimate of drug-likeness (QED) is 0.900. The second-order valence-electron chi connectivity index (χ2n) is 4.63. The lowest BCUT2D eigenvalue weighted by atomic mass is 10.0. The van der Waals surface area contributed by atoms with Crippen molar-refractivity contribution in [2.75, 3.05) is 0 Å². The molecule has 2 heterocycles. The molecular formula is C15H16N2O2. The summed E-state index contributed by atoms with van der Waals surface area (Å²) >= 11 is 0. The number of aromatic amines is 1. The highest BCUT2D eigenvalue weighted by molar-refractivity contribution is 5.33. The molecule has 2 aliphatic rings. The van der Waals surface area contributed by atoms with Gasteiger partial charge in [-0.15, -0.1) is 0 Å². The minimum Gasteiger partial charge on any atom is -0.462 e. The Hall–Kier alpha value is -2.23. The van der Waals surface area contributed by atoms with Gasteiger partial charge in [-0.1, -0.05) is 18.2 Å². The number of nitrogens with one attached hydrogen (secondary N) is 1. The topological polar surface area (TPSA) is 47.1 Å². The summed E-state index contributed by atoms with van der Waals surface area (Å²) in [5.74, 6) is 1.67.